The van der Waals surface area contributed by atoms with Crippen molar-refractivity contribution in [3.63, 3.8) is 0 Å². The van der Waals surface area contributed by atoms with Crippen LogP contribution in [0.5, 0.6) is 5.75 Å². The maximum atomic E-state index is 8.91. The summed E-state index contributed by atoms with van der Waals surface area (Å²) in [6.45, 7) is 3.74. The Hall–Kier alpha value is -1.22. The predicted molar refractivity (Wildman–Crippen MR) is 109 cm³/mol. The van der Waals surface area contributed by atoms with Crippen LogP contribution >= 0.6 is 0 Å². The Balaban J connectivity index is 1.94. The van der Waals surface area contributed by atoms with Gasteiger partial charge in [0.15, 0.2) is 0 Å². The van der Waals surface area contributed by atoms with Crippen LogP contribution in [0.3, 0.4) is 0 Å². The van der Waals surface area contributed by atoms with Crippen molar-refractivity contribution < 1.29 is 9.84 Å². The van der Waals surface area contributed by atoms with Crippen molar-refractivity contribution in [1.29, 1.82) is 0 Å². The Morgan fingerprint density at radius 2 is 1.36 bits per heavy atom. The van der Waals surface area contributed by atoms with Gasteiger partial charge in [-0.3, -0.25) is 0 Å². The van der Waals surface area contributed by atoms with Gasteiger partial charge in [0.05, 0.1) is 18.9 Å². The average molecular weight is 350 g/mol. The zero-order valence-corrected chi connectivity index (χ0v) is 16.3. The van der Waals surface area contributed by atoms with Gasteiger partial charge in [-0.05, 0) is 18.6 Å². The predicted octanol–water partition coefficient (Wildman–Crippen LogP) is 6.17. The van der Waals surface area contributed by atoms with Gasteiger partial charge in [0.1, 0.15) is 5.75 Å². The van der Waals surface area contributed by atoms with Crippen LogP contribution in [-0.2, 0) is 0 Å². The highest BCUT2D eigenvalue weighted by molar-refractivity contribution is 5.56. The Morgan fingerprint density at radius 3 is 1.96 bits per heavy atom. The van der Waals surface area contributed by atoms with E-state index in [1.165, 1.54) is 70.6 Å². The van der Waals surface area contributed by atoms with E-state index in [1.807, 2.05) is 24.3 Å². The molecule has 0 saturated heterocycles. The number of hydrogen-bond donors (Lipinski definition) is 2. The first-order valence-electron chi connectivity index (χ1n) is 10.4. The number of nitrogens with one attached hydrogen (secondary N) is 1. The fraction of sp³-hybridized carbons (Fsp3) is 0.727. The molecular formula is C22H39NO2. The van der Waals surface area contributed by atoms with Crippen LogP contribution in [0.25, 0.3) is 0 Å². The maximum Gasteiger partial charge on any atom is 0.142 e. The third kappa shape index (κ3) is 11.9. The number of hydrogen-bond acceptors (Lipinski definition) is 3. The number of unbranched alkanes of at least 4 members (excludes halogenated alkanes) is 11. The molecule has 0 spiro atoms. The standard InChI is InChI=1S/C22H39NO2/c1-2-3-4-5-6-7-8-9-10-11-12-15-20-25-22-17-14-13-16-21(22)23-18-19-24/h13-14,16-17,23-24H,2-12,15,18-20H2,1H3. The van der Waals surface area contributed by atoms with E-state index in [-0.39, 0.29) is 6.61 Å². The molecule has 0 unspecified atom stereocenters. The highest BCUT2D eigenvalue weighted by Gasteiger charge is 2.01. The number of rotatable bonds is 17. The molecule has 25 heavy (non-hydrogen) atoms. The summed E-state index contributed by atoms with van der Waals surface area (Å²) in [7, 11) is 0. The third-order valence-electron chi connectivity index (χ3n) is 4.57. The molecule has 1 aromatic carbocycles. The quantitative estimate of drug-likeness (QED) is 0.330. The Kier molecular flexibility index (Phi) is 14.2. The SMILES string of the molecule is CCCCCCCCCCCCCCOc1ccccc1NCCO. The van der Waals surface area contributed by atoms with Crippen molar-refractivity contribution in [3.8, 4) is 5.75 Å². The van der Waals surface area contributed by atoms with E-state index in [4.69, 9.17) is 9.84 Å². The smallest absolute Gasteiger partial charge is 0.142 e. The molecule has 0 fully saturated rings. The molecule has 1 aromatic rings. The zero-order valence-electron chi connectivity index (χ0n) is 16.3. The first kappa shape index (κ1) is 21.8. The molecule has 0 aliphatic rings. The second-order valence-electron chi connectivity index (χ2n) is 6.88. The van der Waals surface area contributed by atoms with Gasteiger partial charge in [-0.15, -0.1) is 0 Å². The van der Waals surface area contributed by atoms with E-state index in [1.54, 1.807) is 0 Å². The zero-order chi connectivity index (χ0) is 18.0. The van der Waals surface area contributed by atoms with Crippen LogP contribution in [0, 0.1) is 0 Å². The number of aliphatic hydroxyl groups excluding tert-OH is 1. The minimum atomic E-state index is 0.132. The highest BCUT2D eigenvalue weighted by atomic mass is 16.5. The summed E-state index contributed by atoms with van der Waals surface area (Å²) in [5.74, 6) is 0.888. The van der Waals surface area contributed by atoms with Crippen LogP contribution in [0.1, 0.15) is 84.0 Å². The fourth-order valence-electron chi connectivity index (χ4n) is 3.05. The molecule has 144 valence electrons. The van der Waals surface area contributed by atoms with E-state index >= 15 is 0 Å². The lowest BCUT2D eigenvalue weighted by Gasteiger charge is -2.12. The van der Waals surface area contributed by atoms with E-state index in [2.05, 4.69) is 12.2 Å². The maximum absolute atomic E-state index is 8.91. The summed E-state index contributed by atoms with van der Waals surface area (Å²) >= 11 is 0. The van der Waals surface area contributed by atoms with Gasteiger partial charge in [0, 0.05) is 6.54 Å². The van der Waals surface area contributed by atoms with E-state index in [9.17, 15) is 0 Å². The first-order chi connectivity index (χ1) is 12.4. The fourth-order valence-corrected chi connectivity index (χ4v) is 3.05. The first-order valence-corrected chi connectivity index (χ1v) is 10.4. The molecule has 0 saturated carbocycles. The molecule has 1 rings (SSSR count). The van der Waals surface area contributed by atoms with Crippen molar-refractivity contribution in [1.82, 2.24) is 0 Å². The van der Waals surface area contributed by atoms with Crippen molar-refractivity contribution in [2.24, 2.45) is 0 Å². The minimum absolute atomic E-state index is 0.132. The Labute approximate surface area is 155 Å². The van der Waals surface area contributed by atoms with Crippen molar-refractivity contribution in [2.75, 3.05) is 25.1 Å². The van der Waals surface area contributed by atoms with E-state index < -0.39 is 0 Å². The highest BCUT2D eigenvalue weighted by Crippen LogP contribution is 2.23. The topological polar surface area (TPSA) is 41.5 Å². The molecule has 0 bridgehead atoms. The van der Waals surface area contributed by atoms with Crippen LogP contribution < -0.4 is 10.1 Å². The number of anilines is 1. The molecule has 0 atom stereocenters. The van der Waals surface area contributed by atoms with Crippen molar-refractivity contribution >= 4 is 5.69 Å². The second-order valence-corrected chi connectivity index (χ2v) is 6.88. The van der Waals surface area contributed by atoms with Crippen LogP contribution in [0.4, 0.5) is 5.69 Å². The largest absolute Gasteiger partial charge is 0.491 e. The molecule has 2 N–H and O–H groups in total. The second kappa shape index (κ2) is 16.3. The normalized spacial score (nSPS) is 10.8. The molecular weight excluding hydrogens is 310 g/mol. The molecule has 0 heterocycles. The van der Waals surface area contributed by atoms with Crippen LogP contribution in [0.2, 0.25) is 0 Å². The average Bonchev–Trinajstić information content (AvgIpc) is 2.64. The van der Waals surface area contributed by atoms with Crippen LogP contribution in [-0.4, -0.2) is 24.9 Å². The van der Waals surface area contributed by atoms with Crippen molar-refractivity contribution in [3.05, 3.63) is 24.3 Å². The summed E-state index contributed by atoms with van der Waals surface area (Å²) < 4.78 is 5.88. The number of benzene rings is 1. The summed E-state index contributed by atoms with van der Waals surface area (Å²) in [5, 5.41) is 12.1. The molecule has 3 heteroatoms. The van der Waals surface area contributed by atoms with Gasteiger partial charge < -0.3 is 15.2 Å². The van der Waals surface area contributed by atoms with E-state index in [0.29, 0.717) is 6.54 Å². The van der Waals surface area contributed by atoms with Gasteiger partial charge in [-0.25, -0.2) is 0 Å². The lowest BCUT2D eigenvalue weighted by atomic mass is 10.1. The summed E-state index contributed by atoms with van der Waals surface area (Å²) in [4.78, 5) is 0. The lowest BCUT2D eigenvalue weighted by Crippen LogP contribution is -2.07. The monoisotopic (exact) mass is 349 g/mol. The van der Waals surface area contributed by atoms with E-state index in [0.717, 1.165) is 24.5 Å². The van der Waals surface area contributed by atoms with Gasteiger partial charge in [0.2, 0.25) is 0 Å². The van der Waals surface area contributed by atoms with Gasteiger partial charge in [-0.1, -0.05) is 89.7 Å². The third-order valence-corrected chi connectivity index (χ3v) is 4.57. The number of aliphatic hydroxyl groups is 1. The summed E-state index contributed by atoms with van der Waals surface area (Å²) in [6, 6.07) is 7.95. The molecule has 0 aliphatic heterocycles. The summed E-state index contributed by atoms with van der Waals surface area (Å²) in [5.41, 5.74) is 0.968. The molecule has 3 nitrogen and oxygen atoms in total. The molecule has 0 aromatic heterocycles. The lowest BCUT2D eigenvalue weighted by molar-refractivity contribution is 0.302. The van der Waals surface area contributed by atoms with Gasteiger partial charge in [-0.2, -0.15) is 0 Å². The number of ether oxygens (including phenoxy) is 1. The number of para-hydroxylation sites is 2. The Bertz CT molecular complexity index is 409. The minimum Gasteiger partial charge on any atom is -0.491 e. The van der Waals surface area contributed by atoms with Gasteiger partial charge in [0.25, 0.3) is 0 Å². The summed E-state index contributed by atoms with van der Waals surface area (Å²) in [6.07, 6.45) is 16.3. The molecule has 0 aliphatic carbocycles. The van der Waals surface area contributed by atoms with Crippen molar-refractivity contribution in [2.45, 2.75) is 84.0 Å². The molecule has 0 radical (unpaired) electrons. The Morgan fingerprint density at radius 1 is 0.800 bits per heavy atom. The van der Waals surface area contributed by atoms with Gasteiger partial charge >= 0.3 is 0 Å². The molecule has 0 amide bonds. The van der Waals surface area contributed by atoms with Crippen LogP contribution in [0.15, 0.2) is 24.3 Å².